The van der Waals surface area contributed by atoms with E-state index in [1.54, 1.807) is 12.1 Å². The fourth-order valence-electron chi connectivity index (χ4n) is 3.80. The van der Waals surface area contributed by atoms with Crippen LogP contribution in [0.2, 0.25) is 0 Å². The number of sulfonamides is 1. The molecule has 1 aromatic carbocycles. The molecule has 2 aliphatic rings. The smallest absolute Gasteiger partial charge is 0.422 e. The summed E-state index contributed by atoms with van der Waals surface area (Å²) in [4.78, 5) is 14.4. The molecule has 0 bridgehead atoms. The second kappa shape index (κ2) is 9.59. The van der Waals surface area contributed by atoms with Gasteiger partial charge in [-0.1, -0.05) is 0 Å². The van der Waals surface area contributed by atoms with E-state index < -0.39 is 33.5 Å². The average Bonchev–Trinajstić information content (AvgIpc) is 2.77. The summed E-state index contributed by atoms with van der Waals surface area (Å²) in [6.45, 7) is -0.547. The van der Waals surface area contributed by atoms with E-state index in [1.165, 1.54) is 16.4 Å². The third-order valence-corrected chi connectivity index (χ3v) is 8.30. The van der Waals surface area contributed by atoms with Crippen LogP contribution in [0.3, 0.4) is 0 Å². The molecular formula is C18H23ClF3N3O6S. The summed E-state index contributed by atoms with van der Waals surface area (Å²) < 4.78 is 72.5. The van der Waals surface area contributed by atoms with Crippen LogP contribution in [0.1, 0.15) is 12.8 Å². The Bertz CT molecular complexity index is 900. The largest absolute Gasteiger partial charge is 0.484 e. The lowest BCUT2D eigenvalue weighted by atomic mass is 9.98. The molecule has 1 amide bonds. The molecule has 3 rings (SSSR count). The van der Waals surface area contributed by atoms with Crippen molar-refractivity contribution in [2.45, 2.75) is 23.8 Å². The van der Waals surface area contributed by atoms with Crippen LogP contribution in [0, 0.1) is 0 Å². The highest BCUT2D eigenvalue weighted by molar-refractivity contribution is 7.91. The highest BCUT2D eigenvalue weighted by atomic mass is 35.5. The van der Waals surface area contributed by atoms with Crippen molar-refractivity contribution in [3.05, 3.63) is 24.3 Å². The van der Waals surface area contributed by atoms with Crippen LogP contribution >= 0.6 is 11.8 Å². The van der Waals surface area contributed by atoms with Gasteiger partial charge in [-0.2, -0.15) is 17.5 Å². The monoisotopic (exact) mass is 501 g/mol. The Labute approximate surface area is 188 Å². The maximum atomic E-state index is 13.4. The molecule has 0 atom stereocenters. The summed E-state index contributed by atoms with van der Waals surface area (Å²) in [6, 6.07) is 6.01. The molecule has 0 unspecified atom stereocenters. The molecule has 2 aliphatic heterocycles. The second-order valence-electron chi connectivity index (χ2n) is 7.46. The number of nitrogens with zero attached hydrogens (tertiary/aromatic N) is 3. The summed E-state index contributed by atoms with van der Waals surface area (Å²) in [5, 5.41) is 9.44. The maximum absolute atomic E-state index is 13.4. The van der Waals surface area contributed by atoms with Crippen molar-refractivity contribution in [3.63, 3.8) is 0 Å². The number of hydrogen-bond donors (Lipinski definition) is 1. The van der Waals surface area contributed by atoms with Crippen molar-refractivity contribution in [2.24, 2.45) is 0 Å². The molecule has 0 saturated carbocycles. The third kappa shape index (κ3) is 5.22. The van der Waals surface area contributed by atoms with Gasteiger partial charge in [-0.25, -0.2) is 8.42 Å². The summed E-state index contributed by atoms with van der Waals surface area (Å²) in [6.07, 6.45) is -4.69. The van der Waals surface area contributed by atoms with Crippen molar-refractivity contribution in [1.29, 1.82) is 0 Å². The van der Waals surface area contributed by atoms with Crippen molar-refractivity contribution in [3.8, 4) is 5.75 Å². The molecule has 0 spiro atoms. The summed E-state index contributed by atoms with van der Waals surface area (Å²) >= 11 is 5.39. The average molecular weight is 502 g/mol. The van der Waals surface area contributed by atoms with Crippen LogP contribution in [-0.4, -0.2) is 85.3 Å². The van der Waals surface area contributed by atoms with E-state index in [9.17, 15) is 31.6 Å². The molecule has 2 fully saturated rings. The highest BCUT2D eigenvalue weighted by Gasteiger charge is 2.56. The number of anilines is 1. The van der Waals surface area contributed by atoms with Crippen LogP contribution in [0.15, 0.2) is 24.3 Å². The SMILES string of the molecule is O=C(N(O)Cl)C1(S(=O)(=O)N2CCN(c3ccc(OCC(F)(F)F)cc3)CC2)CCOCC1. The van der Waals surface area contributed by atoms with Crippen LogP contribution in [-0.2, 0) is 19.6 Å². The van der Waals surface area contributed by atoms with Gasteiger partial charge in [-0.15, -0.1) is 4.58 Å². The quantitative estimate of drug-likeness (QED) is 0.361. The highest BCUT2D eigenvalue weighted by Crippen LogP contribution is 2.35. The number of halogens is 4. The van der Waals surface area contributed by atoms with E-state index in [-0.39, 0.29) is 49.5 Å². The molecule has 32 heavy (non-hydrogen) atoms. The predicted octanol–water partition coefficient (Wildman–Crippen LogP) is 2.00. The molecule has 14 heteroatoms. The van der Waals surface area contributed by atoms with Gasteiger partial charge in [0, 0.05) is 69.7 Å². The van der Waals surface area contributed by atoms with E-state index in [2.05, 4.69) is 4.74 Å². The summed E-state index contributed by atoms with van der Waals surface area (Å²) in [5.41, 5.74) is 0.695. The fraction of sp³-hybridized carbons (Fsp3) is 0.611. The van der Waals surface area contributed by atoms with Gasteiger partial charge < -0.3 is 14.4 Å². The predicted molar refractivity (Wildman–Crippen MR) is 108 cm³/mol. The first-order valence-corrected chi connectivity index (χ1v) is 11.6. The lowest BCUT2D eigenvalue weighted by molar-refractivity contribution is -0.153. The van der Waals surface area contributed by atoms with Gasteiger partial charge in [0.25, 0.3) is 5.91 Å². The van der Waals surface area contributed by atoms with Gasteiger partial charge in [-0.05, 0) is 24.3 Å². The molecule has 0 aliphatic carbocycles. The number of carbonyl (C=O) groups is 1. The number of alkyl halides is 3. The number of hydroxylamine groups is 1. The van der Waals surface area contributed by atoms with Crippen LogP contribution in [0.25, 0.3) is 0 Å². The minimum atomic E-state index is -4.43. The fourth-order valence-corrected chi connectivity index (χ4v) is 6.14. The zero-order chi connectivity index (χ0) is 23.6. The van der Waals surface area contributed by atoms with Crippen molar-refractivity contribution < 1.29 is 41.1 Å². The van der Waals surface area contributed by atoms with Gasteiger partial charge in [0.15, 0.2) is 11.4 Å². The Morgan fingerprint density at radius 3 is 2.22 bits per heavy atom. The van der Waals surface area contributed by atoms with Gasteiger partial charge in [0.1, 0.15) is 5.75 Å². The third-order valence-electron chi connectivity index (χ3n) is 5.53. The number of ether oxygens (including phenoxy) is 2. The summed E-state index contributed by atoms with van der Waals surface area (Å²) in [5.74, 6) is -1.04. The minimum Gasteiger partial charge on any atom is -0.484 e. The normalized spacial score (nSPS) is 20.1. The maximum Gasteiger partial charge on any atom is 0.422 e. The Balaban J connectivity index is 1.67. The number of carbonyl (C=O) groups excluding carboxylic acids is 1. The van der Waals surface area contributed by atoms with Crippen molar-refractivity contribution >= 4 is 33.4 Å². The van der Waals surface area contributed by atoms with E-state index in [1.807, 2.05) is 4.90 Å². The molecule has 2 saturated heterocycles. The van der Waals surface area contributed by atoms with Crippen LogP contribution in [0.5, 0.6) is 5.75 Å². The lowest BCUT2D eigenvalue weighted by Crippen LogP contribution is -2.61. The van der Waals surface area contributed by atoms with E-state index >= 15 is 0 Å². The molecule has 9 nitrogen and oxygen atoms in total. The second-order valence-corrected chi connectivity index (χ2v) is 10.0. The first-order chi connectivity index (χ1) is 15.0. The number of benzene rings is 1. The molecule has 1 aromatic rings. The number of amides is 1. The Morgan fingerprint density at radius 1 is 1.16 bits per heavy atom. The van der Waals surface area contributed by atoms with Gasteiger partial charge in [-0.3, -0.25) is 10.0 Å². The topological polar surface area (TPSA) is 99.6 Å². The molecule has 1 N–H and O–H groups in total. The van der Waals surface area contributed by atoms with Gasteiger partial charge in [0.2, 0.25) is 10.0 Å². The molecule has 0 radical (unpaired) electrons. The van der Waals surface area contributed by atoms with Gasteiger partial charge >= 0.3 is 6.18 Å². The molecule has 2 heterocycles. The minimum absolute atomic E-state index is 0.0401. The standard InChI is InChI=1S/C18H23ClF3N3O6S/c19-25(27)16(26)17(5-11-30-12-6-17)32(28,29)24-9-7-23(8-10-24)14-1-3-15(4-2-14)31-13-18(20,21)22/h1-4,27H,5-13H2. The molecular weight excluding hydrogens is 479 g/mol. The Hall–Kier alpha value is -1.80. The lowest BCUT2D eigenvalue weighted by Gasteiger charge is -2.42. The Morgan fingerprint density at radius 2 is 1.72 bits per heavy atom. The van der Waals surface area contributed by atoms with Gasteiger partial charge in [0.05, 0.1) is 0 Å². The summed E-state index contributed by atoms with van der Waals surface area (Å²) in [7, 11) is -4.16. The first-order valence-electron chi connectivity index (χ1n) is 9.77. The number of piperazine rings is 1. The van der Waals surface area contributed by atoms with E-state index in [0.29, 0.717) is 18.8 Å². The van der Waals surface area contributed by atoms with Crippen molar-refractivity contribution in [2.75, 3.05) is 50.9 Å². The first kappa shape index (κ1) is 24.8. The van der Waals surface area contributed by atoms with Crippen LogP contribution < -0.4 is 9.64 Å². The molecule has 180 valence electrons. The Kier molecular flexibility index (Phi) is 7.44. The van der Waals surface area contributed by atoms with E-state index in [0.717, 1.165) is 0 Å². The van der Waals surface area contributed by atoms with E-state index in [4.69, 9.17) is 16.5 Å². The zero-order valence-electron chi connectivity index (χ0n) is 16.9. The molecule has 0 aromatic heterocycles. The number of hydrogen-bond acceptors (Lipinski definition) is 7. The number of rotatable bonds is 6. The zero-order valence-corrected chi connectivity index (χ0v) is 18.5. The van der Waals surface area contributed by atoms with Crippen molar-refractivity contribution in [1.82, 2.24) is 8.89 Å². The van der Waals surface area contributed by atoms with Crippen LogP contribution in [0.4, 0.5) is 18.9 Å².